The number of nitrogens with one attached hydrogen (secondary N) is 1. The summed E-state index contributed by atoms with van der Waals surface area (Å²) >= 11 is 5.82. The molecule has 0 aromatic carbocycles. The molecule has 17 heavy (non-hydrogen) atoms. The van der Waals surface area contributed by atoms with Gasteiger partial charge in [-0.15, -0.1) is 0 Å². The molecule has 1 rings (SSSR count). The van der Waals surface area contributed by atoms with Crippen molar-refractivity contribution in [3.63, 3.8) is 0 Å². The van der Waals surface area contributed by atoms with Gasteiger partial charge in [-0.05, 0) is 0 Å². The smallest absolute Gasteiger partial charge is 0.151 e. The molecule has 96 valence electrons. The Morgan fingerprint density at radius 1 is 1.35 bits per heavy atom. The van der Waals surface area contributed by atoms with Crippen LogP contribution in [-0.2, 0) is 16.3 Å². The molecule has 0 spiro atoms. The van der Waals surface area contributed by atoms with Crippen LogP contribution in [0.25, 0.3) is 0 Å². The maximum Gasteiger partial charge on any atom is 0.151 e. The molecule has 0 fully saturated rings. The van der Waals surface area contributed by atoms with Gasteiger partial charge in [-0.2, -0.15) is 0 Å². The minimum Gasteiger partial charge on any atom is -0.369 e. The molecule has 5 nitrogen and oxygen atoms in total. The molecule has 1 aromatic rings. The number of sulfone groups is 1. The van der Waals surface area contributed by atoms with E-state index in [0.717, 1.165) is 0 Å². The van der Waals surface area contributed by atoms with E-state index in [1.807, 2.05) is 6.92 Å². The lowest BCUT2D eigenvalue weighted by atomic mass is 10.4. The molecule has 0 bridgehead atoms. The third-order valence-corrected chi connectivity index (χ3v) is 4.12. The topological polar surface area (TPSA) is 72.0 Å². The van der Waals surface area contributed by atoms with Crippen molar-refractivity contribution in [3.05, 3.63) is 17.0 Å². The zero-order valence-corrected chi connectivity index (χ0v) is 11.5. The monoisotopic (exact) mass is 277 g/mol. The maximum absolute atomic E-state index is 11.3. The lowest BCUT2D eigenvalue weighted by Crippen LogP contribution is -2.18. The van der Waals surface area contributed by atoms with Crippen molar-refractivity contribution in [2.45, 2.75) is 20.3 Å². The molecule has 7 heteroatoms. The van der Waals surface area contributed by atoms with Gasteiger partial charge in [0.15, 0.2) is 9.84 Å². The average molecular weight is 278 g/mol. The Bertz CT molecular complexity index is 476. The Morgan fingerprint density at radius 2 is 2.06 bits per heavy atom. The van der Waals surface area contributed by atoms with Crippen LogP contribution in [0.2, 0.25) is 5.15 Å². The zero-order chi connectivity index (χ0) is 12.9. The number of anilines is 1. The van der Waals surface area contributed by atoms with Gasteiger partial charge in [0, 0.05) is 24.8 Å². The second-order valence-electron chi connectivity index (χ2n) is 3.51. The summed E-state index contributed by atoms with van der Waals surface area (Å²) in [5, 5.41) is 3.29. The van der Waals surface area contributed by atoms with Crippen LogP contribution in [0.3, 0.4) is 0 Å². The minimum absolute atomic E-state index is 0.0899. The Labute approximate surface area is 107 Å². The first-order valence-electron chi connectivity index (χ1n) is 5.44. The van der Waals surface area contributed by atoms with Crippen molar-refractivity contribution >= 4 is 27.3 Å². The summed E-state index contributed by atoms with van der Waals surface area (Å²) in [5.41, 5.74) is 0. The predicted octanol–water partition coefficient (Wildman–Crippen LogP) is 1.54. The number of nitrogens with zero attached hydrogens (tertiary/aromatic N) is 2. The highest BCUT2D eigenvalue weighted by atomic mass is 35.5. The molecule has 0 amide bonds. The molecule has 1 N–H and O–H groups in total. The lowest BCUT2D eigenvalue weighted by Gasteiger charge is -2.07. The van der Waals surface area contributed by atoms with Gasteiger partial charge in [-0.25, -0.2) is 18.4 Å². The summed E-state index contributed by atoms with van der Waals surface area (Å²) in [6.45, 7) is 3.88. The first kappa shape index (κ1) is 14.2. The molecule has 0 saturated heterocycles. The molecule has 0 unspecified atom stereocenters. The Balaban J connectivity index is 2.61. The average Bonchev–Trinajstić information content (AvgIpc) is 2.28. The Hall–Kier alpha value is -0.880. The summed E-state index contributed by atoms with van der Waals surface area (Å²) in [7, 11) is -2.95. The molecular formula is C10H16ClN3O2S. The van der Waals surface area contributed by atoms with Crippen LogP contribution >= 0.6 is 11.6 Å². The molecule has 0 saturated carbocycles. The quantitative estimate of drug-likeness (QED) is 0.799. The number of hydrogen-bond donors (Lipinski definition) is 1. The van der Waals surface area contributed by atoms with Crippen LogP contribution in [0.5, 0.6) is 0 Å². The van der Waals surface area contributed by atoms with Crippen molar-refractivity contribution in [1.29, 1.82) is 0 Å². The van der Waals surface area contributed by atoms with Crippen molar-refractivity contribution in [1.82, 2.24) is 9.97 Å². The Kier molecular flexibility index (Phi) is 5.14. The first-order chi connectivity index (χ1) is 7.96. The summed E-state index contributed by atoms with van der Waals surface area (Å²) in [5.74, 6) is 1.44. The molecule has 1 heterocycles. The van der Waals surface area contributed by atoms with Crippen molar-refractivity contribution < 1.29 is 8.42 Å². The zero-order valence-electron chi connectivity index (χ0n) is 9.90. The van der Waals surface area contributed by atoms with E-state index in [9.17, 15) is 8.42 Å². The number of aryl methyl sites for hydroxylation is 1. The molecule has 0 atom stereocenters. The number of rotatable bonds is 6. The van der Waals surface area contributed by atoms with Gasteiger partial charge in [0.05, 0.1) is 5.75 Å². The van der Waals surface area contributed by atoms with Crippen LogP contribution in [-0.4, -0.2) is 36.4 Å². The molecule has 1 aromatic heterocycles. The van der Waals surface area contributed by atoms with Crippen LogP contribution in [0.4, 0.5) is 5.82 Å². The van der Waals surface area contributed by atoms with Gasteiger partial charge in [-0.3, -0.25) is 0 Å². The van der Waals surface area contributed by atoms with E-state index >= 15 is 0 Å². The normalized spacial score (nSPS) is 11.5. The standard InChI is InChI=1S/C10H16ClN3O2S/c1-3-9-13-8(11)7-10(14-9)12-5-6-17(15,16)4-2/h7H,3-6H2,1-2H3,(H,12,13,14). The largest absolute Gasteiger partial charge is 0.369 e. The van der Waals surface area contributed by atoms with E-state index in [4.69, 9.17) is 11.6 Å². The summed E-state index contributed by atoms with van der Waals surface area (Å²) < 4.78 is 22.6. The fraction of sp³-hybridized carbons (Fsp3) is 0.600. The van der Waals surface area contributed by atoms with Crippen LogP contribution < -0.4 is 5.32 Å². The summed E-state index contributed by atoms with van der Waals surface area (Å²) in [4.78, 5) is 8.22. The molecule has 0 aliphatic carbocycles. The van der Waals surface area contributed by atoms with E-state index in [-0.39, 0.29) is 11.5 Å². The highest BCUT2D eigenvalue weighted by Gasteiger charge is 2.07. The molecule has 0 radical (unpaired) electrons. The summed E-state index contributed by atoms with van der Waals surface area (Å²) in [6, 6.07) is 1.58. The lowest BCUT2D eigenvalue weighted by molar-refractivity contribution is 0.597. The second-order valence-corrected chi connectivity index (χ2v) is 6.37. The number of aromatic nitrogens is 2. The highest BCUT2D eigenvalue weighted by molar-refractivity contribution is 7.91. The van der Waals surface area contributed by atoms with E-state index in [1.165, 1.54) is 0 Å². The van der Waals surface area contributed by atoms with Gasteiger partial charge in [0.1, 0.15) is 16.8 Å². The van der Waals surface area contributed by atoms with Crippen LogP contribution in [0.15, 0.2) is 6.07 Å². The number of hydrogen-bond acceptors (Lipinski definition) is 5. The second kappa shape index (κ2) is 6.16. The van der Waals surface area contributed by atoms with Crippen LogP contribution in [0, 0.1) is 0 Å². The molecular weight excluding hydrogens is 262 g/mol. The maximum atomic E-state index is 11.3. The van der Waals surface area contributed by atoms with E-state index in [0.29, 0.717) is 29.8 Å². The van der Waals surface area contributed by atoms with Gasteiger partial charge in [0.2, 0.25) is 0 Å². The highest BCUT2D eigenvalue weighted by Crippen LogP contribution is 2.11. The van der Waals surface area contributed by atoms with Gasteiger partial charge in [0.25, 0.3) is 0 Å². The molecule has 0 aliphatic rings. The van der Waals surface area contributed by atoms with Gasteiger partial charge in [-0.1, -0.05) is 25.4 Å². The van der Waals surface area contributed by atoms with Gasteiger partial charge >= 0.3 is 0 Å². The van der Waals surface area contributed by atoms with Crippen LogP contribution in [0.1, 0.15) is 19.7 Å². The van der Waals surface area contributed by atoms with E-state index < -0.39 is 9.84 Å². The number of halogens is 1. The van der Waals surface area contributed by atoms with Crippen molar-refractivity contribution in [3.8, 4) is 0 Å². The van der Waals surface area contributed by atoms with E-state index in [1.54, 1.807) is 13.0 Å². The Morgan fingerprint density at radius 3 is 2.65 bits per heavy atom. The predicted molar refractivity (Wildman–Crippen MR) is 69.2 cm³/mol. The fourth-order valence-corrected chi connectivity index (χ4v) is 2.09. The first-order valence-corrected chi connectivity index (χ1v) is 7.64. The fourth-order valence-electron chi connectivity index (χ4n) is 1.19. The minimum atomic E-state index is -2.95. The third kappa shape index (κ3) is 4.87. The van der Waals surface area contributed by atoms with Gasteiger partial charge < -0.3 is 5.32 Å². The SMILES string of the molecule is CCc1nc(Cl)cc(NCCS(=O)(=O)CC)n1. The third-order valence-electron chi connectivity index (χ3n) is 2.22. The van der Waals surface area contributed by atoms with Crippen molar-refractivity contribution in [2.75, 3.05) is 23.4 Å². The summed E-state index contributed by atoms with van der Waals surface area (Å²) in [6.07, 6.45) is 0.683. The molecule has 0 aliphatic heterocycles. The van der Waals surface area contributed by atoms with E-state index in [2.05, 4.69) is 15.3 Å². The van der Waals surface area contributed by atoms with Crippen molar-refractivity contribution in [2.24, 2.45) is 0 Å².